The number of cyclic esters (lactones) is 1. The second-order valence-corrected chi connectivity index (χ2v) is 8.26. The van der Waals surface area contributed by atoms with E-state index >= 15 is 0 Å². The lowest BCUT2D eigenvalue weighted by molar-refractivity contribution is -0.133. The Hall–Kier alpha value is -2.49. The molecule has 0 aliphatic carbocycles. The van der Waals surface area contributed by atoms with Gasteiger partial charge in [0.25, 0.3) is 0 Å². The van der Waals surface area contributed by atoms with E-state index in [-0.39, 0.29) is 5.97 Å². The zero-order chi connectivity index (χ0) is 21.9. The fraction of sp³-hybridized carbons (Fsp3) is 0.500. The first-order valence-electron chi connectivity index (χ1n) is 10.9. The van der Waals surface area contributed by atoms with Gasteiger partial charge in [0.2, 0.25) is 0 Å². The van der Waals surface area contributed by atoms with Gasteiger partial charge >= 0.3 is 5.97 Å². The molecule has 0 saturated carbocycles. The molecule has 1 aliphatic rings. The number of furan rings is 1. The van der Waals surface area contributed by atoms with Crippen molar-refractivity contribution in [3.05, 3.63) is 70.6 Å². The summed E-state index contributed by atoms with van der Waals surface area (Å²) in [5, 5.41) is 0. The Morgan fingerprint density at radius 1 is 1.17 bits per heavy atom. The average Bonchev–Trinajstić information content (AvgIpc) is 3.30. The van der Waals surface area contributed by atoms with Crippen molar-refractivity contribution in [2.24, 2.45) is 5.92 Å². The molecule has 2 heterocycles. The minimum Gasteiger partial charge on any atom is -0.492 e. The van der Waals surface area contributed by atoms with Crippen molar-refractivity contribution in [2.75, 3.05) is 7.11 Å². The van der Waals surface area contributed by atoms with Gasteiger partial charge in [-0.1, -0.05) is 30.2 Å². The molecular weight excluding hydrogens is 376 g/mol. The molecule has 0 fully saturated rings. The Labute approximate surface area is 181 Å². The summed E-state index contributed by atoms with van der Waals surface area (Å²) in [6.07, 6.45) is 17.9. The van der Waals surface area contributed by atoms with Gasteiger partial charge in [0.05, 0.1) is 25.2 Å². The predicted molar refractivity (Wildman–Crippen MR) is 121 cm³/mol. The molecule has 0 amide bonds. The molecule has 0 bridgehead atoms. The maximum atomic E-state index is 11.7. The summed E-state index contributed by atoms with van der Waals surface area (Å²) in [6.45, 7) is 8.32. The minimum atomic E-state index is -0.313. The third kappa shape index (κ3) is 7.74. The van der Waals surface area contributed by atoms with E-state index < -0.39 is 0 Å². The van der Waals surface area contributed by atoms with Crippen molar-refractivity contribution in [2.45, 2.75) is 72.6 Å². The molecule has 30 heavy (non-hydrogen) atoms. The number of hydrogen-bond donors (Lipinski definition) is 0. The fourth-order valence-electron chi connectivity index (χ4n) is 3.57. The summed E-state index contributed by atoms with van der Waals surface area (Å²) < 4.78 is 15.7. The van der Waals surface area contributed by atoms with Crippen molar-refractivity contribution in [1.82, 2.24) is 0 Å². The molecule has 1 aromatic heterocycles. The lowest BCUT2D eigenvalue weighted by atomic mass is 10.0. The van der Waals surface area contributed by atoms with Crippen LogP contribution in [0.1, 0.15) is 71.8 Å². The number of methoxy groups -OCH3 is 1. The van der Waals surface area contributed by atoms with E-state index in [0.29, 0.717) is 23.0 Å². The van der Waals surface area contributed by atoms with Crippen LogP contribution in [0.25, 0.3) is 0 Å². The second kappa shape index (κ2) is 12.3. The second-order valence-electron chi connectivity index (χ2n) is 8.26. The molecule has 0 unspecified atom stereocenters. The molecule has 4 nitrogen and oxygen atoms in total. The highest BCUT2D eigenvalue weighted by molar-refractivity contribution is 5.93. The largest absolute Gasteiger partial charge is 0.492 e. The molecule has 0 N–H and O–H groups in total. The first-order valence-corrected chi connectivity index (χ1v) is 10.9. The lowest BCUT2D eigenvalue weighted by Gasteiger charge is -2.08. The van der Waals surface area contributed by atoms with Gasteiger partial charge in [0.15, 0.2) is 11.5 Å². The molecule has 0 saturated heterocycles. The van der Waals surface area contributed by atoms with E-state index in [9.17, 15) is 4.79 Å². The van der Waals surface area contributed by atoms with Crippen molar-refractivity contribution in [1.29, 1.82) is 0 Å². The SMILES string of the molecule is COC1=C(C)C(=O)OC1=C[C@@H](C)CCC=C(C)CCCC(C)=CCCc1ccoc1. The van der Waals surface area contributed by atoms with Gasteiger partial charge in [-0.15, -0.1) is 0 Å². The third-order valence-corrected chi connectivity index (χ3v) is 5.48. The van der Waals surface area contributed by atoms with Crippen LogP contribution in [0.15, 0.2) is 69.5 Å². The summed E-state index contributed by atoms with van der Waals surface area (Å²) in [5.41, 5.74) is 4.72. The van der Waals surface area contributed by atoms with Crippen molar-refractivity contribution < 1.29 is 18.7 Å². The summed E-state index contributed by atoms with van der Waals surface area (Å²) in [5.74, 6) is 1.12. The molecular formula is C26H36O4. The van der Waals surface area contributed by atoms with Crippen LogP contribution < -0.4 is 0 Å². The Kier molecular flexibility index (Phi) is 9.72. The van der Waals surface area contributed by atoms with Gasteiger partial charge in [0, 0.05) is 0 Å². The summed E-state index contributed by atoms with van der Waals surface area (Å²) in [4.78, 5) is 11.7. The maximum absolute atomic E-state index is 11.7. The first-order chi connectivity index (χ1) is 14.4. The average molecular weight is 413 g/mol. The Balaban J connectivity index is 1.66. The predicted octanol–water partition coefficient (Wildman–Crippen LogP) is 7.05. The third-order valence-electron chi connectivity index (χ3n) is 5.48. The minimum absolute atomic E-state index is 0.313. The topological polar surface area (TPSA) is 48.7 Å². The number of hydrogen-bond acceptors (Lipinski definition) is 4. The fourth-order valence-corrected chi connectivity index (χ4v) is 3.57. The standard InChI is InChI=1S/C26H36O4/c1-19(9-6-10-20(2)12-8-14-23-15-16-29-18-23)11-7-13-21(3)17-24-25(28-5)22(4)26(27)30-24/h11-12,15-18,21H,6-10,13-14H2,1-5H3/t21-/m0/s1. The molecule has 2 rings (SSSR count). The van der Waals surface area contributed by atoms with Crippen molar-refractivity contribution >= 4 is 5.97 Å². The highest BCUT2D eigenvalue weighted by atomic mass is 16.6. The highest BCUT2D eigenvalue weighted by Crippen LogP contribution is 2.28. The molecule has 1 aromatic rings. The number of carbonyl (C=O) groups is 1. The number of rotatable bonds is 12. The zero-order valence-corrected chi connectivity index (χ0v) is 19.1. The van der Waals surface area contributed by atoms with Gasteiger partial charge < -0.3 is 13.9 Å². The van der Waals surface area contributed by atoms with Gasteiger partial charge in [-0.3, -0.25) is 0 Å². The van der Waals surface area contributed by atoms with E-state index in [0.717, 1.165) is 38.5 Å². The number of esters is 1. The summed E-state index contributed by atoms with van der Waals surface area (Å²) in [6, 6.07) is 2.03. The molecule has 4 heteroatoms. The van der Waals surface area contributed by atoms with Gasteiger partial charge in [0.1, 0.15) is 0 Å². The molecule has 1 aliphatic heterocycles. The van der Waals surface area contributed by atoms with Gasteiger partial charge in [-0.2, -0.15) is 0 Å². The van der Waals surface area contributed by atoms with Crippen molar-refractivity contribution in [3.63, 3.8) is 0 Å². The first kappa shape index (κ1) is 23.8. The zero-order valence-electron chi connectivity index (χ0n) is 19.1. The summed E-state index contributed by atoms with van der Waals surface area (Å²) >= 11 is 0. The molecule has 0 aromatic carbocycles. The van der Waals surface area contributed by atoms with Crippen LogP contribution in [0.2, 0.25) is 0 Å². The van der Waals surface area contributed by atoms with E-state index in [4.69, 9.17) is 13.9 Å². The van der Waals surface area contributed by atoms with Crippen LogP contribution in [-0.4, -0.2) is 13.1 Å². The maximum Gasteiger partial charge on any atom is 0.343 e. The van der Waals surface area contributed by atoms with Crippen LogP contribution in [0.3, 0.4) is 0 Å². The Morgan fingerprint density at radius 3 is 2.50 bits per heavy atom. The monoisotopic (exact) mass is 412 g/mol. The highest BCUT2D eigenvalue weighted by Gasteiger charge is 2.27. The van der Waals surface area contributed by atoms with Crippen LogP contribution in [-0.2, 0) is 20.7 Å². The van der Waals surface area contributed by atoms with E-state index in [1.807, 2.05) is 18.4 Å². The number of ether oxygens (including phenoxy) is 2. The van der Waals surface area contributed by atoms with Gasteiger partial charge in [-0.05, 0) is 89.3 Å². The summed E-state index contributed by atoms with van der Waals surface area (Å²) in [7, 11) is 1.57. The van der Waals surface area contributed by atoms with Crippen LogP contribution >= 0.6 is 0 Å². The molecule has 1 atom stereocenters. The molecule has 164 valence electrons. The lowest BCUT2D eigenvalue weighted by Crippen LogP contribution is -1.98. The molecule has 0 spiro atoms. The quantitative estimate of drug-likeness (QED) is 0.272. The number of aryl methyl sites for hydroxylation is 1. The Bertz CT molecular complexity index is 806. The van der Waals surface area contributed by atoms with E-state index in [1.54, 1.807) is 20.3 Å². The number of allylic oxidation sites excluding steroid dienone is 5. The normalized spacial score (nSPS) is 17.6. The Morgan fingerprint density at radius 2 is 1.87 bits per heavy atom. The van der Waals surface area contributed by atoms with Crippen LogP contribution in [0, 0.1) is 5.92 Å². The van der Waals surface area contributed by atoms with E-state index in [2.05, 4.69) is 32.9 Å². The van der Waals surface area contributed by atoms with Crippen LogP contribution in [0.5, 0.6) is 0 Å². The van der Waals surface area contributed by atoms with Crippen molar-refractivity contribution in [3.8, 4) is 0 Å². The van der Waals surface area contributed by atoms with Gasteiger partial charge in [-0.25, -0.2) is 4.79 Å². The van der Waals surface area contributed by atoms with Crippen LogP contribution in [0.4, 0.5) is 0 Å². The number of carbonyl (C=O) groups excluding carboxylic acids is 1. The smallest absolute Gasteiger partial charge is 0.343 e. The molecule has 0 radical (unpaired) electrons. The van der Waals surface area contributed by atoms with E-state index in [1.165, 1.54) is 23.1 Å².